The zero-order chi connectivity index (χ0) is 12.3. The fraction of sp³-hybridized carbons (Fsp3) is 0.467. The molecule has 0 amide bonds. The van der Waals surface area contributed by atoms with Crippen molar-refractivity contribution in [3.8, 4) is 0 Å². The number of benzene rings is 1. The van der Waals surface area contributed by atoms with Crippen LogP contribution in [0.25, 0.3) is 0 Å². The van der Waals surface area contributed by atoms with Crippen LogP contribution < -0.4 is 0 Å². The van der Waals surface area contributed by atoms with E-state index in [1.54, 1.807) is 0 Å². The van der Waals surface area contributed by atoms with Crippen LogP contribution in [0.2, 0.25) is 0 Å². The lowest BCUT2D eigenvalue weighted by atomic mass is 9.69. The second kappa shape index (κ2) is 4.99. The van der Waals surface area contributed by atoms with Crippen LogP contribution >= 0.6 is 0 Å². The summed E-state index contributed by atoms with van der Waals surface area (Å²) in [5.41, 5.74) is 0.758. The van der Waals surface area contributed by atoms with E-state index in [2.05, 4.69) is 19.1 Å². The Morgan fingerprint density at radius 3 is 2.35 bits per heavy atom. The number of halogens is 2. The van der Waals surface area contributed by atoms with Crippen LogP contribution in [0.1, 0.15) is 44.6 Å². The maximum Gasteiger partial charge on any atom is 0.126 e. The number of hydrogen-bond acceptors (Lipinski definition) is 0. The molecule has 0 saturated carbocycles. The summed E-state index contributed by atoms with van der Waals surface area (Å²) in [6.45, 7) is 2.12. The van der Waals surface area contributed by atoms with Crippen molar-refractivity contribution in [1.29, 1.82) is 0 Å². The van der Waals surface area contributed by atoms with Gasteiger partial charge in [-0.2, -0.15) is 0 Å². The van der Waals surface area contributed by atoms with Gasteiger partial charge in [0.05, 0.1) is 0 Å². The van der Waals surface area contributed by atoms with E-state index in [4.69, 9.17) is 0 Å². The molecule has 0 N–H and O–H groups in total. The Morgan fingerprint density at radius 1 is 1.12 bits per heavy atom. The van der Waals surface area contributed by atoms with Gasteiger partial charge < -0.3 is 0 Å². The van der Waals surface area contributed by atoms with Gasteiger partial charge in [-0.25, -0.2) is 8.78 Å². The van der Waals surface area contributed by atoms with E-state index >= 15 is 0 Å². The van der Waals surface area contributed by atoms with Gasteiger partial charge in [0.15, 0.2) is 0 Å². The molecule has 0 bridgehead atoms. The topological polar surface area (TPSA) is 0 Å². The third-order valence-corrected chi connectivity index (χ3v) is 3.67. The Hall–Kier alpha value is -1.18. The molecule has 1 aliphatic carbocycles. The van der Waals surface area contributed by atoms with Crippen molar-refractivity contribution in [2.24, 2.45) is 0 Å². The first-order valence-corrected chi connectivity index (χ1v) is 6.28. The van der Waals surface area contributed by atoms with Crippen LogP contribution in [0.5, 0.6) is 0 Å². The monoisotopic (exact) mass is 236 g/mol. The molecule has 0 heterocycles. The van der Waals surface area contributed by atoms with E-state index in [-0.39, 0.29) is 5.41 Å². The average molecular weight is 236 g/mol. The van der Waals surface area contributed by atoms with Crippen LogP contribution in [-0.2, 0) is 5.41 Å². The Kier molecular flexibility index (Phi) is 3.60. The van der Waals surface area contributed by atoms with Gasteiger partial charge in [0.1, 0.15) is 11.6 Å². The Morgan fingerprint density at radius 2 is 1.82 bits per heavy atom. The maximum atomic E-state index is 13.3. The zero-order valence-electron chi connectivity index (χ0n) is 10.2. The summed E-state index contributed by atoms with van der Waals surface area (Å²) < 4.78 is 26.7. The van der Waals surface area contributed by atoms with Gasteiger partial charge in [0, 0.05) is 6.07 Å². The van der Waals surface area contributed by atoms with Crippen molar-refractivity contribution >= 4 is 0 Å². The highest BCUT2D eigenvalue weighted by molar-refractivity contribution is 5.29. The fourth-order valence-corrected chi connectivity index (χ4v) is 2.86. The molecular weight excluding hydrogens is 218 g/mol. The molecule has 0 saturated heterocycles. The third kappa shape index (κ3) is 2.56. The summed E-state index contributed by atoms with van der Waals surface area (Å²) in [4.78, 5) is 0. The molecule has 0 aromatic heterocycles. The standard InChI is InChI=1S/C15H18F2/c1-2-6-15(7-4-3-5-8-15)12-9-13(16)11-14(17)10-12/h3-4,9-11H,2,5-8H2,1H3. The van der Waals surface area contributed by atoms with Crippen molar-refractivity contribution in [3.63, 3.8) is 0 Å². The normalized spacial score (nSPS) is 23.9. The summed E-state index contributed by atoms with van der Waals surface area (Å²) in [5.74, 6) is -0.935. The van der Waals surface area contributed by atoms with E-state index in [0.29, 0.717) is 0 Å². The Bertz CT molecular complexity index is 403. The van der Waals surface area contributed by atoms with Crippen molar-refractivity contribution in [1.82, 2.24) is 0 Å². The van der Waals surface area contributed by atoms with Crippen LogP contribution in [0.3, 0.4) is 0 Å². The van der Waals surface area contributed by atoms with Gasteiger partial charge in [-0.3, -0.25) is 0 Å². The van der Waals surface area contributed by atoms with Crippen LogP contribution in [0, 0.1) is 11.6 Å². The minimum absolute atomic E-state index is 0.0631. The molecule has 0 fully saturated rings. The molecule has 2 heteroatoms. The van der Waals surface area contributed by atoms with Gasteiger partial charge in [0.2, 0.25) is 0 Å². The average Bonchev–Trinajstić information content (AvgIpc) is 2.29. The molecule has 2 rings (SSSR count). The third-order valence-electron chi connectivity index (χ3n) is 3.67. The predicted molar refractivity (Wildman–Crippen MR) is 65.9 cm³/mol. The molecular formula is C15H18F2. The van der Waals surface area contributed by atoms with Crippen molar-refractivity contribution in [3.05, 3.63) is 47.5 Å². The smallest absolute Gasteiger partial charge is 0.126 e. The second-order valence-electron chi connectivity index (χ2n) is 4.90. The minimum atomic E-state index is -0.468. The molecule has 0 nitrogen and oxygen atoms in total. The predicted octanol–water partition coefficient (Wildman–Crippen LogP) is 4.74. The summed E-state index contributed by atoms with van der Waals surface area (Å²) in [7, 11) is 0. The first kappa shape index (κ1) is 12.3. The minimum Gasteiger partial charge on any atom is -0.207 e. The van der Waals surface area contributed by atoms with Crippen LogP contribution in [0.15, 0.2) is 30.4 Å². The quantitative estimate of drug-likeness (QED) is 0.665. The van der Waals surface area contributed by atoms with Crippen molar-refractivity contribution in [2.45, 2.75) is 44.4 Å². The molecule has 17 heavy (non-hydrogen) atoms. The van der Waals surface area contributed by atoms with Gasteiger partial charge in [0.25, 0.3) is 0 Å². The molecule has 0 aliphatic heterocycles. The molecule has 0 radical (unpaired) electrons. The molecule has 1 aromatic rings. The summed E-state index contributed by atoms with van der Waals surface area (Å²) in [5, 5.41) is 0. The van der Waals surface area contributed by atoms with E-state index in [1.165, 1.54) is 12.1 Å². The van der Waals surface area contributed by atoms with E-state index in [0.717, 1.165) is 43.7 Å². The SMILES string of the molecule is CCCC1(c2cc(F)cc(F)c2)CC=CCC1. The van der Waals surface area contributed by atoms with Crippen molar-refractivity contribution in [2.75, 3.05) is 0 Å². The molecule has 1 atom stereocenters. The zero-order valence-corrected chi connectivity index (χ0v) is 10.2. The van der Waals surface area contributed by atoms with E-state index < -0.39 is 11.6 Å². The highest BCUT2D eigenvalue weighted by Crippen LogP contribution is 2.41. The summed E-state index contributed by atoms with van der Waals surface area (Å²) in [6, 6.07) is 3.94. The molecule has 0 spiro atoms. The molecule has 1 unspecified atom stereocenters. The van der Waals surface area contributed by atoms with Gasteiger partial charge in [-0.1, -0.05) is 25.5 Å². The van der Waals surface area contributed by atoms with Crippen LogP contribution in [-0.4, -0.2) is 0 Å². The summed E-state index contributed by atoms with van der Waals surface area (Å²) >= 11 is 0. The highest BCUT2D eigenvalue weighted by Gasteiger charge is 2.31. The number of allylic oxidation sites excluding steroid dienone is 2. The largest absolute Gasteiger partial charge is 0.207 e. The maximum absolute atomic E-state index is 13.3. The summed E-state index contributed by atoms with van der Waals surface area (Å²) in [6.07, 6.45) is 9.19. The van der Waals surface area contributed by atoms with Crippen molar-refractivity contribution < 1.29 is 8.78 Å². The van der Waals surface area contributed by atoms with E-state index in [9.17, 15) is 8.78 Å². The fourth-order valence-electron chi connectivity index (χ4n) is 2.86. The van der Waals surface area contributed by atoms with Gasteiger partial charge >= 0.3 is 0 Å². The molecule has 92 valence electrons. The lowest BCUT2D eigenvalue weighted by Gasteiger charge is -2.35. The van der Waals surface area contributed by atoms with E-state index in [1.807, 2.05) is 0 Å². The second-order valence-corrected chi connectivity index (χ2v) is 4.90. The van der Waals surface area contributed by atoms with Gasteiger partial charge in [-0.15, -0.1) is 0 Å². The van der Waals surface area contributed by atoms with Gasteiger partial charge in [-0.05, 0) is 48.8 Å². The van der Waals surface area contributed by atoms with Crippen LogP contribution in [0.4, 0.5) is 8.78 Å². The highest BCUT2D eigenvalue weighted by atomic mass is 19.1. The Balaban J connectivity index is 2.41. The molecule has 1 aromatic carbocycles. The first-order valence-electron chi connectivity index (χ1n) is 6.28. The lowest BCUT2D eigenvalue weighted by molar-refractivity contribution is 0.351. The molecule has 1 aliphatic rings. The number of rotatable bonds is 3. The lowest BCUT2D eigenvalue weighted by Crippen LogP contribution is -2.27. The number of hydrogen-bond donors (Lipinski definition) is 0. The Labute approximate surface area is 101 Å². The first-order chi connectivity index (χ1) is 8.16.